The third-order valence-corrected chi connectivity index (χ3v) is 9.55. The molecule has 0 bridgehead atoms. The van der Waals surface area contributed by atoms with Gasteiger partial charge in [-0.3, -0.25) is 0 Å². The summed E-state index contributed by atoms with van der Waals surface area (Å²) >= 11 is -0.723. The van der Waals surface area contributed by atoms with Gasteiger partial charge in [-0.25, -0.2) is 0 Å². The van der Waals surface area contributed by atoms with E-state index in [0.717, 1.165) is 0 Å². The second-order valence-electron chi connectivity index (χ2n) is 7.16. The van der Waals surface area contributed by atoms with Gasteiger partial charge < -0.3 is 24.8 Å². The smallest absolute Gasteiger partial charge is 1.00 e. The minimum atomic E-state index is -0.723. The van der Waals surface area contributed by atoms with E-state index in [2.05, 4.69) is 80.1 Å². The van der Waals surface area contributed by atoms with Crippen LogP contribution in [0.2, 0.25) is 0 Å². The molecule has 2 aromatic rings. The van der Waals surface area contributed by atoms with E-state index in [4.69, 9.17) is 0 Å². The van der Waals surface area contributed by atoms with Gasteiger partial charge in [0.1, 0.15) is 0 Å². The molecule has 1 heterocycles. The van der Waals surface area contributed by atoms with Crippen molar-refractivity contribution < 1.29 is 48.0 Å². The first-order valence-corrected chi connectivity index (χ1v) is 11.9. The van der Waals surface area contributed by atoms with E-state index in [1.165, 1.54) is 41.8 Å². The molecule has 0 radical (unpaired) electrons. The van der Waals surface area contributed by atoms with E-state index in [9.17, 15) is 0 Å². The molecule has 0 fully saturated rings. The number of allylic oxidation sites excluding steroid dienone is 5. The molecule has 1 nitrogen and oxygen atoms in total. The third-order valence-electron chi connectivity index (χ3n) is 5.20. The summed E-state index contributed by atoms with van der Waals surface area (Å²) in [6.07, 6.45) is 13.2. The summed E-state index contributed by atoms with van der Waals surface area (Å²) in [6, 6.07) is 11.3. The first-order valence-electron chi connectivity index (χ1n) is 9.29. The Morgan fingerprint density at radius 3 is 2.63 bits per heavy atom. The zero-order valence-electron chi connectivity index (χ0n) is 16.1. The van der Waals surface area contributed by atoms with Crippen LogP contribution in [-0.4, -0.2) is 4.57 Å². The molecule has 1 aromatic carbocycles. The van der Waals surface area contributed by atoms with Crippen molar-refractivity contribution in [2.24, 2.45) is 0 Å². The van der Waals surface area contributed by atoms with E-state index in [1.54, 1.807) is 14.4 Å². The van der Waals surface area contributed by atoms with Crippen molar-refractivity contribution in [2.45, 2.75) is 43.7 Å². The Morgan fingerprint density at radius 2 is 1.93 bits per heavy atom. The Kier molecular flexibility index (Phi) is 7.98. The number of aryl methyl sites for hydroxylation is 2. The van der Waals surface area contributed by atoms with Gasteiger partial charge in [-0.15, -0.1) is 0 Å². The Labute approximate surface area is 187 Å². The quantitative estimate of drug-likeness (QED) is 0.583. The molecule has 0 saturated heterocycles. The van der Waals surface area contributed by atoms with Crippen molar-refractivity contribution in [1.29, 1.82) is 0 Å². The van der Waals surface area contributed by atoms with Gasteiger partial charge in [0.25, 0.3) is 0 Å². The van der Waals surface area contributed by atoms with Crippen LogP contribution < -0.4 is 24.8 Å². The predicted octanol–water partition coefficient (Wildman–Crippen LogP) is 0.262. The van der Waals surface area contributed by atoms with Crippen molar-refractivity contribution in [3.63, 3.8) is 0 Å². The molecule has 4 heteroatoms. The number of benzene rings is 1. The molecular formula is C23H25Cl2NZr. The van der Waals surface area contributed by atoms with Crippen LogP contribution in [0.5, 0.6) is 0 Å². The van der Waals surface area contributed by atoms with E-state index < -0.39 is 23.2 Å². The Balaban J connectivity index is 0.00000131. The third kappa shape index (κ3) is 4.44. The number of fused-ring (bicyclic) bond motifs is 1. The van der Waals surface area contributed by atoms with Crippen molar-refractivity contribution in [3.05, 3.63) is 79.9 Å². The van der Waals surface area contributed by atoms with Crippen LogP contribution in [0.4, 0.5) is 0 Å². The number of rotatable bonds is 5. The summed E-state index contributed by atoms with van der Waals surface area (Å²) in [7, 11) is 0. The van der Waals surface area contributed by atoms with Crippen molar-refractivity contribution in [1.82, 2.24) is 4.57 Å². The normalized spacial score (nSPS) is 17.1. The summed E-state index contributed by atoms with van der Waals surface area (Å²) in [5, 5.41) is 0. The van der Waals surface area contributed by atoms with Gasteiger partial charge >= 0.3 is 163 Å². The van der Waals surface area contributed by atoms with Gasteiger partial charge in [0.05, 0.1) is 0 Å². The monoisotopic (exact) mass is 475 g/mol. The first-order chi connectivity index (χ1) is 12.2. The number of hydrogen-bond donors (Lipinski definition) is 0. The van der Waals surface area contributed by atoms with Gasteiger partial charge in [0.15, 0.2) is 0 Å². The van der Waals surface area contributed by atoms with E-state index in [-0.39, 0.29) is 24.8 Å². The SMILES string of the molecule is CCCC1=[C]([Zr+2][CH]2C(n3cc(C)cc3C)=Cc3ccccc32)CC=C1.[Cl-].[Cl-]. The van der Waals surface area contributed by atoms with Gasteiger partial charge in [-0.2, -0.15) is 0 Å². The van der Waals surface area contributed by atoms with Gasteiger partial charge in [-0.05, 0) is 0 Å². The topological polar surface area (TPSA) is 4.93 Å². The number of aromatic nitrogens is 1. The minimum Gasteiger partial charge on any atom is -1.00 e. The molecule has 1 aromatic heterocycles. The number of hydrogen-bond acceptors (Lipinski definition) is 0. The van der Waals surface area contributed by atoms with E-state index in [0.29, 0.717) is 3.63 Å². The number of halogens is 2. The van der Waals surface area contributed by atoms with Gasteiger partial charge in [-0.1, -0.05) is 0 Å². The second kappa shape index (κ2) is 9.59. The molecule has 27 heavy (non-hydrogen) atoms. The molecular weight excluding hydrogens is 452 g/mol. The summed E-state index contributed by atoms with van der Waals surface area (Å²) in [5.74, 6) is 0. The zero-order valence-corrected chi connectivity index (χ0v) is 20.1. The molecule has 0 N–H and O–H groups in total. The van der Waals surface area contributed by atoms with Crippen LogP contribution in [0.25, 0.3) is 11.8 Å². The largest absolute Gasteiger partial charge is 1.00 e. The fourth-order valence-corrected chi connectivity index (χ4v) is 8.41. The molecule has 0 saturated carbocycles. The predicted molar refractivity (Wildman–Crippen MR) is 103 cm³/mol. The molecule has 0 aliphatic heterocycles. The standard InChI is InChI=1S/C15H14N.C8H11.2ClH.Zr/c1-11-7-12(2)16(10-11)15-8-13-5-3-4-6-14(13)9-15;1-2-5-8-6-3-4-7-8;;;/h3-10H,1-2H3;3,6H,2,4-5H2,1H3;2*1H;/q;;;;+2/p-2. The number of nitrogens with zero attached hydrogens (tertiary/aromatic N) is 1. The van der Waals surface area contributed by atoms with Crippen molar-refractivity contribution >= 4 is 11.8 Å². The Bertz CT molecular complexity index is 905. The second-order valence-corrected chi connectivity index (χ2v) is 10.8. The maximum absolute atomic E-state index is 2.45. The van der Waals surface area contributed by atoms with E-state index >= 15 is 0 Å². The van der Waals surface area contributed by atoms with Crippen LogP contribution in [0.1, 0.15) is 52.2 Å². The molecule has 1 unspecified atom stereocenters. The first kappa shape index (κ1) is 22.5. The fourth-order valence-electron chi connectivity index (χ4n) is 4.07. The molecule has 4 rings (SSSR count). The molecule has 2 aliphatic rings. The summed E-state index contributed by atoms with van der Waals surface area (Å²) < 4.78 is 4.88. The van der Waals surface area contributed by atoms with Gasteiger partial charge in [0, 0.05) is 0 Å². The zero-order chi connectivity index (χ0) is 17.4. The van der Waals surface area contributed by atoms with Crippen LogP contribution in [0, 0.1) is 13.8 Å². The maximum Gasteiger partial charge on any atom is -1.00 e. The van der Waals surface area contributed by atoms with Crippen LogP contribution >= 0.6 is 0 Å². The minimum absolute atomic E-state index is 0. The Morgan fingerprint density at radius 1 is 1.15 bits per heavy atom. The molecule has 0 amide bonds. The van der Waals surface area contributed by atoms with Crippen LogP contribution in [0.15, 0.2) is 57.5 Å². The average molecular weight is 478 g/mol. The summed E-state index contributed by atoms with van der Waals surface area (Å²) in [4.78, 5) is 0. The van der Waals surface area contributed by atoms with Crippen LogP contribution in [-0.2, 0) is 23.2 Å². The van der Waals surface area contributed by atoms with Gasteiger partial charge in [0.2, 0.25) is 0 Å². The summed E-state index contributed by atoms with van der Waals surface area (Å²) in [6.45, 7) is 6.73. The van der Waals surface area contributed by atoms with Crippen molar-refractivity contribution in [3.8, 4) is 0 Å². The molecule has 1 atom stereocenters. The molecule has 140 valence electrons. The Hall–Kier alpha value is -0.817. The molecule has 0 spiro atoms. The maximum atomic E-state index is 2.45. The average Bonchev–Trinajstić information content (AvgIpc) is 3.27. The van der Waals surface area contributed by atoms with E-state index in [1.807, 2.05) is 0 Å². The van der Waals surface area contributed by atoms with Crippen LogP contribution in [0.3, 0.4) is 0 Å². The van der Waals surface area contributed by atoms with Crippen molar-refractivity contribution in [2.75, 3.05) is 0 Å². The fraction of sp³-hybridized carbons (Fsp3) is 0.304. The molecule has 2 aliphatic carbocycles. The summed E-state index contributed by atoms with van der Waals surface area (Å²) in [5.41, 5.74) is 8.86.